The molecule has 1 aliphatic heterocycles. The fourth-order valence-corrected chi connectivity index (χ4v) is 2.80. The zero-order valence-electron chi connectivity index (χ0n) is 11.9. The largest absolute Gasteiger partial charge is 0.338 e. The summed E-state index contributed by atoms with van der Waals surface area (Å²) in [7, 11) is 1.82. The molecule has 1 aromatic carbocycles. The summed E-state index contributed by atoms with van der Waals surface area (Å²) in [6.45, 7) is 1.48. The molecule has 0 aliphatic carbocycles. The van der Waals surface area contributed by atoms with Crippen LogP contribution in [0.3, 0.4) is 0 Å². The molecule has 0 saturated carbocycles. The molecular weight excluding hydrogens is 332 g/mol. The van der Waals surface area contributed by atoms with Crippen LogP contribution in [-0.4, -0.2) is 32.6 Å². The Labute approximate surface area is 132 Å². The highest BCUT2D eigenvalue weighted by molar-refractivity contribution is 9.10. The van der Waals surface area contributed by atoms with Crippen molar-refractivity contribution in [2.24, 2.45) is 0 Å². The van der Waals surface area contributed by atoms with Crippen molar-refractivity contribution in [3.8, 4) is 0 Å². The molecule has 2 heterocycles. The van der Waals surface area contributed by atoms with Crippen LogP contribution in [0.2, 0.25) is 0 Å². The number of aromatic nitrogens is 3. The number of fused-ring (bicyclic) bond motifs is 1. The van der Waals surface area contributed by atoms with Gasteiger partial charge in [-0.3, -0.25) is 4.79 Å². The lowest BCUT2D eigenvalue weighted by atomic mass is 10.1. The molecule has 110 valence electrons. The molecule has 0 fully saturated rings. The zero-order valence-corrected chi connectivity index (χ0v) is 13.5. The number of halogens is 1. The van der Waals surface area contributed by atoms with Crippen LogP contribution in [-0.2, 0) is 30.7 Å². The molecular formula is C15H17BrN4O. The van der Waals surface area contributed by atoms with Gasteiger partial charge in [-0.05, 0) is 24.1 Å². The SMILES string of the molecule is CN(Cc1nnc2n1CCC2)C(=O)Cc1ccc(Br)cc1. The third-order valence-corrected chi connectivity index (χ3v) is 4.29. The molecule has 6 heteroatoms. The van der Waals surface area contributed by atoms with E-state index in [0.29, 0.717) is 13.0 Å². The van der Waals surface area contributed by atoms with Gasteiger partial charge in [0.2, 0.25) is 5.91 Å². The third-order valence-electron chi connectivity index (χ3n) is 3.76. The van der Waals surface area contributed by atoms with E-state index in [1.165, 1.54) is 0 Å². The van der Waals surface area contributed by atoms with Gasteiger partial charge < -0.3 is 9.47 Å². The molecule has 0 saturated heterocycles. The van der Waals surface area contributed by atoms with Crippen molar-refractivity contribution < 1.29 is 4.79 Å². The van der Waals surface area contributed by atoms with Crippen molar-refractivity contribution in [3.63, 3.8) is 0 Å². The van der Waals surface area contributed by atoms with Crippen molar-refractivity contribution >= 4 is 21.8 Å². The lowest BCUT2D eigenvalue weighted by Crippen LogP contribution is -2.29. The van der Waals surface area contributed by atoms with Crippen LogP contribution in [0.15, 0.2) is 28.7 Å². The normalized spacial score (nSPS) is 13.2. The molecule has 0 atom stereocenters. The summed E-state index contributed by atoms with van der Waals surface area (Å²) in [5, 5.41) is 8.36. The molecule has 0 bridgehead atoms. The second-order valence-electron chi connectivity index (χ2n) is 5.34. The van der Waals surface area contributed by atoms with E-state index in [1.54, 1.807) is 4.90 Å². The first kappa shape index (κ1) is 14.3. The minimum atomic E-state index is 0.0904. The number of likely N-dealkylation sites (N-methyl/N-ethyl adjacent to an activating group) is 1. The lowest BCUT2D eigenvalue weighted by molar-refractivity contribution is -0.129. The van der Waals surface area contributed by atoms with E-state index in [4.69, 9.17) is 0 Å². The Bertz CT molecular complexity index is 650. The van der Waals surface area contributed by atoms with Crippen molar-refractivity contribution in [2.45, 2.75) is 32.4 Å². The van der Waals surface area contributed by atoms with E-state index < -0.39 is 0 Å². The van der Waals surface area contributed by atoms with Crippen molar-refractivity contribution in [3.05, 3.63) is 46.0 Å². The third kappa shape index (κ3) is 3.15. The number of amides is 1. The highest BCUT2D eigenvalue weighted by Gasteiger charge is 2.19. The summed E-state index contributed by atoms with van der Waals surface area (Å²) in [4.78, 5) is 14.0. The summed E-state index contributed by atoms with van der Waals surface area (Å²) in [6, 6.07) is 7.83. The molecule has 5 nitrogen and oxygen atoms in total. The van der Waals surface area contributed by atoms with Gasteiger partial charge in [-0.1, -0.05) is 28.1 Å². The van der Waals surface area contributed by atoms with Crippen molar-refractivity contribution in [2.75, 3.05) is 7.05 Å². The van der Waals surface area contributed by atoms with Gasteiger partial charge in [0.1, 0.15) is 5.82 Å². The first-order valence-corrected chi connectivity index (χ1v) is 7.82. The Balaban J connectivity index is 1.63. The minimum absolute atomic E-state index is 0.0904. The second kappa shape index (κ2) is 5.97. The summed E-state index contributed by atoms with van der Waals surface area (Å²) in [5.74, 6) is 2.01. The number of rotatable bonds is 4. The van der Waals surface area contributed by atoms with E-state index in [9.17, 15) is 4.79 Å². The van der Waals surface area contributed by atoms with Gasteiger partial charge in [0, 0.05) is 24.5 Å². The molecule has 0 radical (unpaired) electrons. The molecule has 0 unspecified atom stereocenters. The van der Waals surface area contributed by atoms with Crippen molar-refractivity contribution in [1.82, 2.24) is 19.7 Å². The summed E-state index contributed by atoms with van der Waals surface area (Å²) in [5.41, 5.74) is 1.02. The predicted molar refractivity (Wildman–Crippen MR) is 82.7 cm³/mol. The standard InChI is InChI=1S/C15H17BrN4O/c1-19(10-14-18-17-13-3-2-8-20(13)14)15(21)9-11-4-6-12(16)7-5-11/h4-7H,2-3,8-10H2,1H3. The number of hydrogen-bond acceptors (Lipinski definition) is 3. The second-order valence-corrected chi connectivity index (χ2v) is 6.26. The van der Waals surface area contributed by atoms with Gasteiger partial charge in [-0.25, -0.2) is 0 Å². The maximum atomic E-state index is 12.3. The average Bonchev–Trinajstić information content (AvgIpc) is 3.06. The van der Waals surface area contributed by atoms with Gasteiger partial charge >= 0.3 is 0 Å². The average molecular weight is 349 g/mol. The van der Waals surface area contributed by atoms with E-state index >= 15 is 0 Å². The number of carbonyl (C=O) groups is 1. The number of benzene rings is 1. The van der Waals surface area contributed by atoms with Crippen LogP contribution in [0.1, 0.15) is 23.6 Å². The highest BCUT2D eigenvalue weighted by Crippen LogP contribution is 2.16. The maximum absolute atomic E-state index is 12.3. The first-order valence-electron chi connectivity index (χ1n) is 7.03. The minimum Gasteiger partial charge on any atom is -0.338 e. The summed E-state index contributed by atoms with van der Waals surface area (Å²) < 4.78 is 3.15. The smallest absolute Gasteiger partial charge is 0.227 e. The van der Waals surface area contributed by atoms with E-state index in [1.807, 2.05) is 31.3 Å². The van der Waals surface area contributed by atoms with Crippen LogP contribution in [0.4, 0.5) is 0 Å². The molecule has 1 amide bonds. The van der Waals surface area contributed by atoms with Crippen LogP contribution < -0.4 is 0 Å². The van der Waals surface area contributed by atoms with Crippen molar-refractivity contribution in [1.29, 1.82) is 0 Å². The topological polar surface area (TPSA) is 51.0 Å². The highest BCUT2D eigenvalue weighted by atomic mass is 79.9. The summed E-state index contributed by atoms with van der Waals surface area (Å²) >= 11 is 3.40. The van der Waals surface area contributed by atoms with Gasteiger partial charge in [0.15, 0.2) is 5.82 Å². The molecule has 21 heavy (non-hydrogen) atoms. The number of hydrogen-bond donors (Lipinski definition) is 0. The fraction of sp³-hybridized carbons (Fsp3) is 0.400. The Hall–Kier alpha value is -1.69. The molecule has 2 aromatic rings. The number of nitrogens with zero attached hydrogens (tertiary/aromatic N) is 4. The van der Waals surface area contributed by atoms with Crippen LogP contribution in [0, 0.1) is 0 Å². The van der Waals surface area contributed by atoms with E-state index in [0.717, 1.165) is 41.1 Å². The number of carbonyl (C=O) groups excluding carboxylic acids is 1. The van der Waals surface area contributed by atoms with Gasteiger partial charge in [-0.15, -0.1) is 10.2 Å². The number of aryl methyl sites for hydroxylation is 1. The molecule has 0 N–H and O–H groups in total. The molecule has 3 rings (SSSR count). The van der Waals surface area contributed by atoms with Crippen LogP contribution >= 0.6 is 15.9 Å². The maximum Gasteiger partial charge on any atom is 0.227 e. The van der Waals surface area contributed by atoms with E-state index in [-0.39, 0.29) is 5.91 Å². The van der Waals surface area contributed by atoms with Crippen LogP contribution in [0.25, 0.3) is 0 Å². The predicted octanol–water partition coefficient (Wildman–Crippen LogP) is 2.19. The Morgan fingerprint density at radius 1 is 1.33 bits per heavy atom. The van der Waals surface area contributed by atoms with Gasteiger partial charge in [0.25, 0.3) is 0 Å². The van der Waals surface area contributed by atoms with E-state index in [2.05, 4.69) is 30.7 Å². The Kier molecular flexibility index (Phi) is 4.05. The van der Waals surface area contributed by atoms with Gasteiger partial charge in [0.05, 0.1) is 13.0 Å². The Morgan fingerprint density at radius 3 is 2.86 bits per heavy atom. The molecule has 1 aromatic heterocycles. The van der Waals surface area contributed by atoms with Crippen LogP contribution in [0.5, 0.6) is 0 Å². The first-order chi connectivity index (χ1) is 10.1. The lowest BCUT2D eigenvalue weighted by Gasteiger charge is -2.17. The quantitative estimate of drug-likeness (QED) is 0.850. The Morgan fingerprint density at radius 2 is 2.10 bits per heavy atom. The molecule has 1 aliphatic rings. The summed E-state index contributed by atoms with van der Waals surface area (Å²) in [6.07, 6.45) is 2.52. The molecule has 0 spiro atoms. The fourth-order valence-electron chi connectivity index (χ4n) is 2.54. The monoisotopic (exact) mass is 348 g/mol. The zero-order chi connectivity index (χ0) is 14.8. The van der Waals surface area contributed by atoms with Gasteiger partial charge in [-0.2, -0.15) is 0 Å².